The third-order valence-electron chi connectivity index (χ3n) is 1.64. The molecular weight excluding hydrogens is 239 g/mol. The van der Waals surface area contributed by atoms with Gasteiger partial charge in [-0.15, -0.1) is 0 Å². The minimum atomic E-state index is 0.550. The lowest BCUT2D eigenvalue weighted by Gasteiger charge is -1.95. The van der Waals surface area contributed by atoms with Gasteiger partial charge in [-0.3, -0.25) is 0 Å². The largest absolute Gasteiger partial charge is 0.492 e. The summed E-state index contributed by atoms with van der Waals surface area (Å²) in [6, 6.07) is 8.21. The predicted molar refractivity (Wildman–Crippen MR) is 48.7 cm³/mol. The average molecular weight is 246 g/mol. The second-order valence-corrected chi connectivity index (χ2v) is 3.82. The molecule has 1 unspecified atom stereocenters. The van der Waals surface area contributed by atoms with Gasteiger partial charge in [-0.25, -0.2) is 0 Å². The van der Waals surface area contributed by atoms with Gasteiger partial charge in [-0.2, -0.15) is 0 Å². The molecule has 1 nitrogen and oxygen atoms in total. The normalized spacial score (nSPS) is 21.9. The molecule has 0 saturated heterocycles. The fourth-order valence-electron chi connectivity index (χ4n) is 1.12. The first-order chi connectivity index (χ1) is 4.88. The van der Waals surface area contributed by atoms with Gasteiger partial charge in [0.05, 0.1) is 3.92 Å². The van der Waals surface area contributed by atoms with Crippen molar-refractivity contribution in [1.82, 2.24) is 0 Å². The lowest BCUT2D eigenvalue weighted by atomic mass is 10.2. The van der Waals surface area contributed by atoms with E-state index in [1.54, 1.807) is 0 Å². The first-order valence-electron chi connectivity index (χ1n) is 3.24. The Bertz CT molecular complexity index is 247. The van der Waals surface area contributed by atoms with Gasteiger partial charge in [-0.05, 0) is 6.07 Å². The molecule has 1 aromatic carbocycles. The van der Waals surface area contributed by atoms with Gasteiger partial charge in [0.15, 0.2) is 0 Å². The Hall–Kier alpha value is -0.250. The molecule has 1 aromatic rings. The van der Waals surface area contributed by atoms with Crippen molar-refractivity contribution in [3.63, 3.8) is 0 Å². The highest BCUT2D eigenvalue weighted by Crippen LogP contribution is 2.37. The van der Waals surface area contributed by atoms with Crippen molar-refractivity contribution in [3.8, 4) is 5.75 Å². The molecule has 52 valence electrons. The predicted octanol–water partition coefficient (Wildman–Crippen LogP) is 2.56. The molecule has 2 rings (SSSR count). The van der Waals surface area contributed by atoms with Crippen LogP contribution in [0.3, 0.4) is 0 Å². The third kappa shape index (κ3) is 0.905. The molecule has 0 spiro atoms. The molecule has 0 saturated carbocycles. The van der Waals surface area contributed by atoms with E-state index in [1.807, 2.05) is 12.1 Å². The fourth-order valence-corrected chi connectivity index (χ4v) is 1.82. The summed E-state index contributed by atoms with van der Waals surface area (Å²) >= 11 is 2.40. The van der Waals surface area contributed by atoms with E-state index in [0.717, 1.165) is 12.4 Å². The van der Waals surface area contributed by atoms with E-state index in [9.17, 15) is 0 Å². The van der Waals surface area contributed by atoms with Gasteiger partial charge in [0, 0.05) is 5.56 Å². The van der Waals surface area contributed by atoms with Gasteiger partial charge >= 0.3 is 0 Å². The maximum absolute atomic E-state index is 5.40. The van der Waals surface area contributed by atoms with E-state index in [1.165, 1.54) is 5.56 Å². The maximum atomic E-state index is 5.40. The van der Waals surface area contributed by atoms with Crippen molar-refractivity contribution in [2.24, 2.45) is 0 Å². The van der Waals surface area contributed by atoms with Crippen molar-refractivity contribution < 1.29 is 4.74 Å². The highest BCUT2D eigenvalue weighted by Gasteiger charge is 2.19. The van der Waals surface area contributed by atoms with Crippen LogP contribution in [0.25, 0.3) is 0 Å². The van der Waals surface area contributed by atoms with Crippen LogP contribution in [-0.2, 0) is 0 Å². The van der Waals surface area contributed by atoms with Crippen LogP contribution < -0.4 is 4.74 Å². The highest BCUT2D eigenvalue weighted by molar-refractivity contribution is 14.1. The molecular formula is C8H7IO. The number of para-hydroxylation sites is 1. The highest BCUT2D eigenvalue weighted by atomic mass is 127. The summed E-state index contributed by atoms with van der Waals surface area (Å²) in [4.78, 5) is 0. The second-order valence-electron chi connectivity index (χ2n) is 2.32. The van der Waals surface area contributed by atoms with E-state index in [4.69, 9.17) is 4.74 Å². The van der Waals surface area contributed by atoms with Crippen LogP contribution in [0.1, 0.15) is 9.49 Å². The topological polar surface area (TPSA) is 9.23 Å². The van der Waals surface area contributed by atoms with Crippen molar-refractivity contribution in [3.05, 3.63) is 29.8 Å². The summed E-state index contributed by atoms with van der Waals surface area (Å²) in [7, 11) is 0. The van der Waals surface area contributed by atoms with Crippen molar-refractivity contribution in [2.75, 3.05) is 6.61 Å². The molecule has 0 amide bonds. The van der Waals surface area contributed by atoms with Crippen molar-refractivity contribution >= 4 is 22.6 Å². The maximum Gasteiger partial charge on any atom is 0.123 e. The molecule has 0 bridgehead atoms. The van der Waals surface area contributed by atoms with E-state index in [2.05, 4.69) is 34.7 Å². The molecule has 1 aliphatic rings. The zero-order valence-corrected chi connectivity index (χ0v) is 7.54. The van der Waals surface area contributed by atoms with E-state index in [0.29, 0.717) is 3.92 Å². The monoisotopic (exact) mass is 246 g/mol. The van der Waals surface area contributed by atoms with Crippen LogP contribution in [0.4, 0.5) is 0 Å². The number of fused-ring (bicyclic) bond motifs is 1. The molecule has 0 N–H and O–H groups in total. The van der Waals surface area contributed by atoms with E-state index in [-0.39, 0.29) is 0 Å². The summed E-state index contributed by atoms with van der Waals surface area (Å²) in [5, 5.41) is 0. The van der Waals surface area contributed by atoms with E-state index >= 15 is 0 Å². The second kappa shape index (κ2) is 2.42. The number of halogens is 1. The van der Waals surface area contributed by atoms with Crippen LogP contribution in [-0.4, -0.2) is 6.61 Å². The fraction of sp³-hybridized carbons (Fsp3) is 0.250. The first kappa shape index (κ1) is 6.46. The number of benzene rings is 1. The zero-order chi connectivity index (χ0) is 6.97. The van der Waals surface area contributed by atoms with Crippen molar-refractivity contribution in [2.45, 2.75) is 3.92 Å². The van der Waals surface area contributed by atoms with Crippen molar-refractivity contribution in [1.29, 1.82) is 0 Å². The third-order valence-corrected chi connectivity index (χ3v) is 2.67. The Morgan fingerprint density at radius 2 is 2.20 bits per heavy atom. The lowest BCUT2D eigenvalue weighted by molar-refractivity contribution is 0.357. The molecule has 2 heteroatoms. The molecule has 0 radical (unpaired) electrons. The zero-order valence-electron chi connectivity index (χ0n) is 5.38. The minimum Gasteiger partial charge on any atom is -0.492 e. The quantitative estimate of drug-likeness (QED) is 0.505. The summed E-state index contributed by atoms with van der Waals surface area (Å²) < 4.78 is 5.95. The Morgan fingerprint density at radius 1 is 1.40 bits per heavy atom. The molecule has 1 aliphatic heterocycles. The Labute approximate surface area is 73.5 Å². The number of rotatable bonds is 0. The summed E-state index contributed by atoms with van der Waals surface area (Å²) in [6.45, 7) is 0.833. The van der Waals surface area contributed by atoms with Crippen LogP contribution in [0.5, 0.6) is 5.75 Å². The van der Waals surface area contributed by atoms with Crippen LogP contribution in [0, 0.1) is 0 Å². The summed E-state index contributed by atoms with van der Waals surface area (Å²) in [6.07, 6.45) is 0. The van der Waals surface area contributed by atoms with Gasteiger partial charge in [0.2, 0.25) is 0 Å². The SMILES string of the molecule is IC1COc2ccccc21. The van der Waals surface area contributed by atoms with E-state index < -0.39 is 0 Å². The average Bonchev–Trinajstić information content (AvgIpc) is 2.34. The molecule has 1 heterocycles. The summed E-state index contributed by atoms with van der Waals surface area (Å²) in [5.74, 6) is 1.06. The van der Waals surface area contributed by atoms with Crippen LogP contribution in [0.15, 0.2) is 24.3 Å². The Balaban J connectivity index is 2.51. The van der Waals surface area contributed by atoms with Crippen LogP contribution in [0.2, 0.25) is 0 Å². The number of hydrogen-bond donors (Lipinski definition) is 0. The molecule has 0 aromatic heterocycles. The minimum absolute atomic E-state index is 0.550. The first-order valence-corrected chi connectivity index (χ1v) is 4.48. The molecule has 0 fully saturated rings. The molecule has 10 heavy (non-hydrogen) atoms. The van der Waals surface area contributed by atoms with Gasteiger partial charge in [-0.1, -0.05) is 40.8 Å². The molecule has 0 aliphatic carbocycles. The number of ether oxygens (including phenoxy) is 1. The standard InChI is InChI=1S/C8H7IO/c9-7-5-10-8-4-2-1-3-6(7)8/h1-4,7H,5H2. The smallest absolute Gasteiger partial charge is 0.123 e. The molecule has 1 atom stereocenters. The van der Waals surface area contributed by atoms with Gasteiger partial charge in [0.25, 0.3) is 0 Å². The lowest BCUT2D eigenvalue weighted by Crippen LogP contribution is -1.89. The summed E-state index contributed by atoms with van der Waals surface area (Å²) in [5.41, 5.74) is 1.34. The van der Waals surface area contributed by atoms with Gasteiger partial charge in [0.1, 0.15) is 12.4 Å². The Morgan fingerprint density at radius 3 is 3.00 bits per heavy atom. The number of alkyl halides is 1. The Kier molecular flexibility index (Phi) is 1.56. The van der Waals surface area contributed by atoms with Gasteiger partial charge < -0.3 is 4.74 Å². The number of hydrogen-bond acceptors (Lipinski definition) is 1. The van der Waals surface area contributed by atoms with Crippen LogP contribution >= 0.6 is 22.6 Å².